The molecule has 0 fully saturated rings. The Morgan fingerprint density at radius 1 is 1.25 bits per heavy atom. The van der Waals surface area contributed by atoms with Crippen molar-refractivity contribution in [2.24, 2.45) is 0 Å². The number of halogens is 1. The number of aromatic hydroxyl groups is 3. The summed E-state index contributed by atoms with van der Waals surface area (Å²) in [5.74, 6) is -1.62. The van der Waals surface area contributed by atoms with Gasteiger partial charge in [0.2, 0.25) is 0 Å². The molecule has 24 heavy (non-hydrogen) atoms. The van der Waals surface area contributed by atoms with Crippen molar-refractivity contribution < 1.29 is 28.3 Å². The van der Waals surface area contributed by atoms with E-state index in [9.17, 15) is 20.1 Å². The minimum atomic E-state index is -3.18. The Bertz CT molecular complexity index is 917. The molecule has 130 valence electrons. The summed E-state index contributed by atoms with van der Waals surface area (Å²) in [6.45, 7) is -2.41. The number of phenols is 3. The average molecular weight is 402 g/mol. The van der Waals surface area contributed by atoms with Crippen LogP contribution in [0, 0.1) is 6.92 Å². The van der Waals surface area contributed by atoms with Gasteiger partial charge in [0.25, 0.3) is 0 Å². The number of carbonyl (C=O) groups is 1. The lowest BCUT2D eigenvalue weighted by molar-refractivity contribution is 0.0987. The summed E-state index contributed by atoms with van der Waals surface area (Å²) < 4.78 is 48.2. The summed E-state index contributed by atoms with van der Waals surface area (Å²) in [5.41, 5.74) is 0.00313. The van der Waals surface area contributed by atoms with E-state index in [4.69, 9.17) is 8.22 Å². The van der Waals surface area contributed by atoms with Crippen molar-refractivity contribution in [2.75, 3.05) is 6.54 Å². The first-order valence-electron chi connectivity index (χ1n) is 9.80. The molecule has 0 aromatic heterocycles. The summed E-state index contributed by atoms with van der Waals surface area (Å²) in [6, 6.07) is 3.81. The molecular formula is C18H22BrNO4. The highest BCUT2D eigenvalue weighted by molar-refractivity contribution is 8.93. The fraction of sp³-hybridized carbons (Fsp3) is 0.278. The first-order chi connectivity index (χ1) is 13.2. The number of aryl methyl sites for hydroxylation is 1. The molecule has 5 nitrogen and oxygen atoms in total. The number of phenolic OH excluding ortho intramolecular Hbond substituents is 3. The number of rotatable bonds is 6. The molecule has 0 amide bonds. The van der Waals surface area contributed by atoms with Gasteiger partial charge in [0.15, 0.2) is 5.78 Å². The Morgan fingerprint density at radius 3 is 2.50 bits per heavy atom. The normalized spacial score (nSPS) is 17.7. The lowest BCUT2D eigenvalue weighted by Gasteiger charge is -2.14. The summed E-state index contributed by atoms with van der Waals surface area (Å²) >= 11 is 0. The van der Waals surface area contributed by atoms with E-state index in [-0.39, 0.29) is 45.4 Å². The topological polar surface area (TPSA) is 89.8 Å². The van der Waals surface area contributed by atoms with Gasteiger partial charge in [-0.15, -0.1) is 17.0 Å². The highest BCUT2D eigenvalue weighted by Gasteiger charge is 2.11. The van der Waals surface area contributed by atoms with Crippen molar-refractivity contribution in [2.45, 2.75) is 26.2 Å². The molecule has 2 aromatic rings. The number of hydrogen-bond donors (Lipinski definition) is 4. The minimum absolute atomic E-state index is 0. The molecule has 1 atom stereocenters. The van der Waals surface area contributed by atoms with Crippen LogP contribution in [0.5, 0.6) is 17.2 Å². The minimum Gasteiger partial charge on any atom is -0.508 e. The van der Waals surface area contributed by atoms with E-state index in [1.165, 1.54) is 25.1 Å². The second-order valence-corrected chi connectivity index (χ2v) is 5.02. The third-order valence-corrected chi connectivity index (χ3v) is 3.12. The van der Waals surface area contributed by atoms with Crippen LogP contribution < -0.4 is 5.32 Å². The second kappa shape index (κ2) is 8.70. The van der Waals surface area contributed by atoms with Crippen molar-refractivity contribution >= 4 is 22.8 Å². The number of benzene rings is 2. The van der Waals surface area contributed by atoms with Crippen LogP contribution in [0.15, 0.2) is 36.4 Å². The van der Waals surface area contributed by atoms with Gasteiger partial charge >= 0.3 is 0 Å². The van der Waals surface area contributed by atoms with E-state index in [0.717, 1.165) is 18.2 Å². The average Bonchev–Trinajstić information content (AvgIpc) is 2.59. The highest BCUT2D eigenvalue weighted by atomic mass is 79.9. The maximum Gasteiger partial charge on any atom is 0.176 e. The maximum absolute atomic E-state index is 12.4. The fourth-order valence-electron chi connectivity index (χ4n) is 1.95. The molecule has 0 aliphatic rings. The first kappa shape index (κ1) is 12.3. The van der Waals surface area contributed by atoms with Gasteiger partial charge in [-0.25, -0.2) is 0 Å². The Morgan fingerprint density at radius 2 is 1.92 bits per heavy atom. The van der Waals surface area contributed by atoms with E-state index in [1.54, 1.807) is 0 Å². The number of Topliss-reactive ketones (excluding diaryl/α,β-unsaturated/α-hetero) is 1. The van der Waals surface area contributed by atoms with Crippen molar-refractivity contribution in [1.29, 1.82) is 0 Å². The zero-order valence-electron chi connectivity index (χ0n) is 18.8. The van der Waals surface area contributed by atoms with Crippen LogP contribution in [0.2, 0.25) is 0 Å². The molecule has 6 heteroatoms. The summed E-state index contributed by atoms with van der Waals surface area (Å²) in [7, 11) is 0. The molecular weight excluding hydrogens is 374 g/mol. The molecule has 0 radical (unpaired) electrons. The van der Waals surface area contributed by atoms with E-state index in [1.807, 2.05) is 0 Å². The van der Waals surface area contributed by atoms with Crippen LogP contribution in [0.25, 0.3) is 0 Å². The van der Waals surface area contributed by atoms with Gasteiger partial charge in [-0.05, 0) is 49.5 Å². The van der Waals surface area contributed by atoms with Crippen LogP contribution >= 0.6 is 17.0 Å². The van der Waals surface area contributed by atoms with Crippen molar-refractivity contribution in [3.8, 4) is 17.2 Å². The molecule has 0 aliphatic heterocycles. The van der Waals surface area contributed by atoms with Crippen LogP contribution in [-0.2, 0) is 6.37 Å². The van der Waals surface area contributed by atoms with E-state index >= 15 is 0 Å². The summed E-state index contributed by atoms with van der Waals surface area (Å²) in [4.78, 5) is 12.4. The van der Waals surface area contributed by atoms with Crippen LogP contribution in [-0.4, -0.2) is 33.7 Å². The van der Waals surface area contributed by atoms with Gasteiger partial charge < -0.3 is 20.6 Å². The Hall–Kier alpha value is -2.05. The highest BCUT2D eigenvalue weighted by Crippen LogP contribution is 2.21. The lowest BCUT2D eigenvalue weighted by Crippen LogP contribution is -2.33. The van der Waals surface area contributed by atoms with Gasteiger partial charge in [0, 0.05) is 25.9 Å². The largest absolute Gasteiger partial charge is 0.508 e. The quantitative estimate of drug-likeness (QED) is 0.558. The van der Waals surface area contributed by atoms with Gasteiger partial charge in [0.05, 0.1) is 6.54 Å². The van der Waals surface area contributed by atoms with Crippen molar-refractivity contribution in [3.05, 3.63) is 53.1 Å². The van der Waals surface area contributed by atoms with Crippen LogP contribution in [0.3, 0.4) is 0 Å². The number of ketones is 1. The Kier molecular flexibility index (Phi) is 4.47. The predicted octanol–water partition coefficient (Wildman–Crippen LogP) is 3.09. The van der Waals surface area contributed by atoms with Gasteiger partial charge in [-0.2, -0.15) is 0 Å². The van der Waals surface area contributed by atoms with Crippen molar-refractivity contribution in [1.82, 2.24) is 5.32 Å². The SMILES string of the molecule is Br.[2H]C([2H])([2H])C([2H])(NCC(=O)c1cc(O)cc(O)c1)C([2H])([2H])c1ccc(O)c(C)c1. The number of nitrogens with one attached hydrogen (secondary N) is 1. The fourth-order valence-corrected chi connectivity index (χ4v) is 1.95. The predicted molar refractivity (Wildman–Crippen MR) is 98.4 cm³/mol. The first-order valence-corrected chi connectivity index (χ1v) is 6.80. The monoisotopic (exact) mass is 401 g/mol. The Labute approximate surface area is 160 Å². The number of hydrogen-bond acceptors (Lipinski definition) is 5. The van der Waals surface area contributed by atoms with E-state index < -0.39 is 31.6 Å². The smallest absolute Gasteiger partial charge is 0.176 e. The van der Waals surface area contributed by atoms with Crippen molar-refractivity contribution in [3.63, 3.8) is 0 Å². The summed E-state index contributed by atoms with van der Waals surface area (Å²) in [5, 5.41) is 30.8. The molecule has 1 unspecified atom stereocenters. The molecule has 0 saturated carbocycles. The standard InChI is InChI=1S/C18H21NO4.BrH/c1-11-5-13(3-4-17(11)22)6-12(2)19-10-18(23)14-7-15(20)9-16(21)8-14;/h3-5,7-9,12,19-22H,6,10H2,1-2H3;1H/i2D3,6D2,12D;. The molecule has 0 saturated heterocycles. The van der Waals surface area contributed by atoms with E-state index in [2.05, 4.69) is 5.32 Å². The van der Waals surface area contributed by atoms with Crippen LogP contribution in [0.4, 0.5) is 0 Å². The third kappa shape index (κ3) is 5.54. The lowest BCUT2D eigenvalue weighted by atomic mass is 10.0. The zero-order valence-corrected chi connectivity index (χ0v) is 14.5. The molecule has 0 aliphatic carbocycles. The third-order valence-electron chi connectivity index (χ3n) is 3.12. The molecule has 4 N–H and O–H groups in total. The maximum atomic E-state index is 12.4. The van der Waals surface area contributed by atoms with Gasteiger partial charge in [-0.3, -0.25) is 4.79 Å². The second-order valence-electron chi connectivity index (χ2n) is 5.02. The van der Waals surface area contributed by atoms with Gasteiger partial charge in [0.1, 0.15) is 17.2 Å². The van der Waals surface area contributed by atoms with E-state index in [0.29, 0.717) is 5.56 Å². The molecule has 0 heterocycles. The molecule has 2 aromatic carbocycles. The summed E-state index contributed by atoms with van der Waals surface area (Å²) in [6.07, 6.45) is -2.78. The van der Waals surface area contributed by atoms with Gasteiger partial charge in [-0.1, -0.05) is 12.1 Å². The molecule has 0 spiro atoms. The molecule has 2 rings (SSSR count). The van der Waals surface area contributed by atoms with Crippen LogP contribution in [0.1, 0.15) is 36.6 Å². The molecule has 0 bridgehead atoms. The number of carbonyl (C=O) groups excluding carboxylic acids is 1. The zero-order chi connectivity index (χ0) is 22.2. The Balaban J connectivity index is 0.00000450.